The molecule has 3 aromatic rings. The number of carbonyl (C=O) groups excluding carboxylic acids is 2. The smallest absolute Gasteiger partial charge is 0.389 e. The summed E-state index contributed by atoms with van der Waals surface area (Å²) in [5.41, 5.74) is 1.34. The van der Waals surface area contributed by atoms with Gasteiger partial charge in [0, 0.05) is 19.2 Å². The van der Waals surface area contributed by atoms with Crippen LogP contribution in [-0.4, -0.2) is 44.2 Å². The highest BCUT2D eigenvalue weighted by Crippen LogP contribution is 2.21. The number of nitrogens with one attached hydrogen (secondary N) is 2. The third kappa shape index (κ3) is 7.36. The van der Waals surface area contributed by atoms with E-state index in [0.29, 0.717) is 16.9 Å². The molecule has 176 valence electrons. The van der Waals surface area contributed by atoms with Crippen LogP contribution >= 0.6 is 0 Å². The fourth-order valence-corrected chi connectivity index (χ4v) is 2.67. The van der Waals surface area contributed by atoms with E-state index in [2.05, 4.69) is 30.4 Å². The summed E-state index contributed by atoms with van der Waals surface area (Å²) in [6.45, 7) is -3.08. The van der Waals surface area contributed by atoms with Crippen molar-refractivity contribution in [2.45, 2.75) is 38.7 Å². The first-order valence-corrected chi connectivity index (χ1v) is 9.44. The van der Waals surface area contributed by atoms with Gasteiger partial charge in [-0.2, -0.15) is 27.1 Å². The van der Waals surface area contributed by atoms with Gasteiger partial charge in [-0.1, -0.05) is 0 Å². The van der Waals surface area contributed by atoms with Gasteiger partial charge in [-0.3, -0.25) is 14.6 Å². The minimum absolute atomic E-state index is 0.00830. The largest absolute Gasteiger partial charge is 0.433 e. The number of alkyl halides is 5. The van der Waals surface area contributed by atoms with Crippen molar-refractivity contribution in [1.29, 1.82) is 0 Å². The summed E-state index contributed by atoms with van der Waals surface area (Å²) in [5.74, 6) is -1.58. The monoisotopic (exact) mass is 472 g/mol. The maximum absolute atomic E-state index is 12.3. The number of pyridine rings is 1. The molecule has 0 aliphatic rings. The summed E-state index contributed by atoms with van der Waals surface area (Å²) in [6, 6.07) is 2.70. The number of fused-ring (bicyclic) bond motifs is 1. The van der Waals surface area contributed by atoms with E-state index >= 15 is 0 Å². The van der Waals surface area contributed by atoms with Crippen molar-refractivity contribution in [3.8, 4) is 5.75 Å². The Kier molecular flexibility index (Phi) is 7.35. The SMILES string of the molecule is O=C(CCC(F)(F)F)NCc1cnn2cc(CNC(=O)c3cncc(OC(F)F)c3)nc2c1. The molecule has 3 heterocycles. The molecule has 0 spiro atoms. The summed E-state index contributed by atoms with van der Waals surface area (Å²) >= 11 is 0. The van der Waals surface area contributed by atoms with Gasteiger partial charge in [0.15, 0.2) is 5.65 Å². The molecule has 0 aromatic carbocycles. The molecule has 9 nitrogen and oxygen atoms in total. The van der Waals surface area contributed by atoms with Crippen LogP contribution in [0.2, 0.25) is 0 Å². The zero-order valence-corrected chi connectivity index (χ0v) is 16.8. The first-order valence-electron chi connectivity index (χ1n) is 9.44. The number of halogens is 5. The van der Waals surface area contributed by atoms with Crippen molar-refractivity contribution in [1.82, 2.24) is 30.2 Å². The molecule has 0 radical (unpaired) electrons. The number of rotatable bonds is 9. The Morgan fingerprint density at radius 2 is 1.88 bits per heavy atom. The Bertz CT molecular complexity index is 1130. The van der Waals surface area contributed by atoms with Crippen LogP contribution in [-0.2, 0) is 17.9 Å². The summed E-state index contributed by atoms with van der Waals surface area (Å²) in [4.78, 5) is 31.7. The van der Waals surface area contributed by atoms with Crippen molar-refractivity contribution in [3.05, 3.63) is 53.7 Å². The van der Waals surface area contributed by atoms with Crippen LogP contribution in [0.3, 0.4) is 0 Å². The number of imidazole rings is 1. The van der Waals surface area contributed by atoms with Crippen LogP contribution in [0.15, 0.2) is 36.9 Å². The van der Waals surface area contributed by atoms with E-state index in [0.717, 1.165) is 12.3 Å². The average Bonchev–Trinajstić information content (AvgIpc) is 3.16. The highest BCUT2D eigenvalue weighted by atomic mass is 19.4. The van der Waals surface area contributed by atoms with Gasteiger partial charge in [0.05, 0.1) is 42.8 Å². The van der Waals surface area contributed by atoms with Crippen LogP contribution in [0.1, 0.15) is 34.5 Å². The van der Waals surface area contributed by atoms with Crippen LogP contribution in [0.25, 0.3) is 5.65 Å². The molecule has 2 amide bonds. The Morgan fingerprint density at radius 1 is 1.09 bits per heavy atom. The minimum atomic E-state index is -4.40. The average molecular weight is 472 g/mol. The normalized spacial score (nSPS) is 11.6. The van der Waals surface area contributed by atoms with Crippen molar-refractivity contribution in [3.63, 3.8) is 0 Å². The molecule has 0 fully saturated rings. The lowest BCUT2D eigenvalue weighted by Gasteiger charge is -2.07. The molecule has 0 aliphatic carbocycles. The minimum Gasteiger partial charge on any atom is -0.433 e. The van der Waals surface area contributed by atoms with Gasteiger partial charge in [0.25, 0.3) is 5.91 Å². The molecule has 0 saturated heterocycles. The number of nitrogens with zero attached hydrogens (tertiary/aromatic N) is 4. The fourth-order valence-electron chi connectivity index (χ4n) is 2.67. The predicted octanol–water partition coefficient (Wildman–Crippen LogP) is 2.61. The second-order valence-corrected chi connectivity index (χ2v) is 6.76. The first-order chi connectivity index (χ1) is 15.6. The topological polar surface area (TPSA) is 111 Å². The standard InChI is InChI=1S/C19H17F5N6O3/c20-18(21)33-14-4-12(7-25-9-14)17(32)27-8-13-10-30-15(29-13)3-11(6-28-30)5-26-16(31)1-2-19(22,23)24/h3-4,6-7,9-10,18H,1-2,5,8H2,(H,26,31)(H,27,32). The van der Waals surface area contributed by atoms with Crippen LogP contribution in [0, 0.1) is 0 Å². The lowest BCUT2D eigenvalue weighted by atomic mass is 10.2. The van der Waals surface area contributed by atoms with Crippen LogP contribution in [0.4, 0.5) is 22.0 Å². The van der Waals surface area contributed by atoms with Gasteiger partial charge in [0.1, 0.15) is 5.75 Å². The van der Waals surface area contributed by atoms with Crippen molar-refractivity contribution >= 4 is 17.5 Å². The molecule has 3 aromatic heterocycles. The second-order valence-electron chi connectivity index (χ2n) is 6.76. The molecular weight excluding hydrogens is 455 g/mol. The summed E-state index contributed by atoms with van der Waals surface area (Å²) < 4.78 is 66.7. The van der Waals surface area contributed by atoms with E-state index < -0.39 is 37.4 Å². The fraction of sp³-hybridized carbons (Fsp3) is 0.316. The predicted molar refractivity (Wildman–Crippen MR) is 102 cm³/mol. The highest BCUT2D eigenvalue weighted by Gasteiger charge is 2.27. The van der Waals surface area contributed by atoms with Crippen molar-refractivity contribution in [2.24, 2.45) is 0 Å². The Morgan fingerprint density at radius 3 is 2.61 bits per heavy atom. The third-order valence-corrected chi connectivity index (χ3v) is 4.18. The second kappa shape index (κ2) is 10.2. The van der Waals surface area contributed by atoms with Gasteiger partial charge >= 0.3 is 12.8 Å². The number of aromatic nitrogens is 4. The molecular formula is C19H17F5N6O3. The quantitative estimate of drug-likeness (QED) is 0.464. The lowest BCUT2D eigenvalue weighted by Crippen LogP contribution is -2.24. The highest BCUT2D eigenvalue weighted by molar-refractivity contribution is 5.94. The number of carbonyl (C=O) groups is 2. The summed E-state index contributed by atoms with van der Waals surface area (Å²) in [5, 5.41) is 9.05. The van der Waals surface area contributed by atoms with E-state index in [4.69, 9.17) is 0 Å². The Balaban J connectivity index is 1.56. The number of amides is 2. The Hall–Kier alpha value is -3.84. The van der Waals surface area contributed by atoms with Gasteiger partial charge in [0.2, 0.25) is 5.91 Å². The summed E-state index contributed by atoms with van der Waals surface area (Å²) in [7, 11) is 0. The zero-order valence-electron chi connectivity index (χ0n) is 16.8. The van der Waals surface area contributed by atoms with E-state index in [1.54, 1.807) is 6.07 Å². The van der Waals surface area contributed by atoms with Gasteiger partial charge < -0.3 is 15.4 Å². The molecule has 2 N–H and O–H groups in total. The van der Waals surface area contributed by atoms with Gasteiger partial charge in [-0.05, 0) is 17.7 Å². The number of hydrogen-bond donors (Lipinski definition) is 2. The molecule has 14 heteroatoms. The molecule has 0 saturated carbocycles. The van der Waals surface area contributed by atoms with Gasteiger partial charge in [-0.25, -0.2) is 9.50 Å². The van der Waals surface area contributed by atoms with Crippen molar-refractivity contribution < 1.29 is 36.3 Å². The van der Waals surface area contributed by atoms with E-state index in [1.165, 1.54) is 23.1 Å². The Labute approximate surface area is 183 Å². The summed E-state index contributed by atoms with van der Waals surface area (Å²) in [6.07, 6.45) is -1.08. The van der Waals surface area contributed by atoms with E-state index in [1.807, 2.05) is 0 Å². The van der Waals surface area contributed by atoms with Crippen molar-refractivity contribution in [2.75, 3.05) is 0 Å². The molecule has 0 unspecified atom stereocenters. The third-order valence-electron chi connectivity index (χ3n) is 4.18. The molecule has 0 aliphatic heterocycles. The number of ether oxygens (including phenoxy) is 1. The van der Waals surface area contributed by atoms with E-state index in [-0.39, 0.29) is 24.4 Å². The zero-order chi connectivity index (χ0) is 24.0. The molecule has 0 bridgehead atoms. The number of hydrogen-bond acceptors (Lipinski definition) is 6. The first kappa shape index (κ1) is 23.8. The molecule has 3 rings (SSSR count). The van der Waals surface area contributed by atoms with Crippen LogP contribution in [0.5, 0.6) is 5.75 Å². The maximum Gasteiger partial charge on any atom is 0.389 e. The van der Waals surface area contributed by atoms with E-state index in [9.17, 15) is 31.5 Å². The lowest BCUT2D eigenvalue weighted by molar-refractivity contribution is -0.144. The van der Waals surface area contributed by atoms with Crippen LogP contribution < -0.4 is 15.4 Å². The van der Waals surface area contributed by atoms with Gasteiger partial charge in [-0.15, -0.1) is 0 Å². The molecule has 0 atom stereocenters. The maximum atomic E-state index is 12.3. The molecule has 33 heavy (non-hydrogen) atoms.